The van der Waals surface area contributed by atoms with Gasteiger partial charge in [-0.1, -0.05) is 6.92 Å². The lowest BCUT2D eigenvalue weighted by molar-refractivity contribution is 0.586. The van der Waals surface area contributed by atoms with Crippen molar-refractivity contribution in [2.24, 2.45) is 0 Å². The molecule has 0 aliphatic rings. The molecule has 0 radical (unpaired) electrons. The van der Waals surface area contributed by atoms with Gasteiger partial charge in [-0.15, -0.1) is 11.3 Å². The number of likely N-dealkylation sites (N-methyl/N-ethyl adjacent to an activating group) is 1. The fourth-order valence-corrected chi connectivity index (χ4v) is 2.92. The summed E-state index contributed by atoms with van der Waals surface area (Å²) in [6, 6.07) is 5.67. The molecule has 1 heterocycles. The van der Waals surface area contributed by atoms with E-state index in [-0.39, 0.29) is 0 Å². The van der Waals surface area contributed by atoms with Crippen LogP contribution in [0, 0.1) is 11.6 Å². The number of thiophene rings is 1. The van der Waals surface area contributed by atoms with Crippen molar-refractivity contribution >= 4 is 11.3 Å². The summed E-state index contributed by atoms with van der Waals surface area (Å²) in [5.74, 6) is -0.676. The molecule has 0 fully saturated rings. The van der Waals surface area contributed by atoms with E-state index >= 15 is 0 Å². The van der Waals surface area contributed by atoms with Crippen LogP contribution in [-0.4, -0.2) is 13.6 Å². The maximum Gasteiger partial charge on any atom is 0.134 e. The Balaban J connectivity index is 2.29. The second kappa shape index (κ2) is 5.59. The van der Waals surface area contributed by atoms with Crippen molar-refractivity contribution in [1.29, 1.82) is 0 Å². The van der Waals surface area contributed by atoms with Crippen LogP contribution in [-0.2, 0) is 0 Å². The van der Waals surface area contributed by atoms with Crippen LogP contribution in [0.3, 0.4) is 0 Å². The summed E-state index contributed by atoms with van der Waals surface area (Å²) in [5, 5.41) is 5.14. The Kier molecular flexibility index (Phi) is 4.09. The normalized spacial score (nSPS) is 12.7. The van der Waals surface area contributed by atoms with Crippen LogP contribution < -0.4 is 5.32 Å². The molecule has 0 spiro atoms. The number of rotatable bonds is 4. The molecule has 0 saturated heterocycles. The fraction of sp³-hybridized carbons (Fsp3) is 0.286. The molecular formula is C14H15F2NS. The van der Waals surface area contributed by atoms with Crippen molar-refractivity contribution in [3.05, 3.63) is 46.8 Å². The molecule has 1 aromatic heterocycles. The highest BCUT2D eigenvalue weighted by Gasteiger charge is 2.12. The minimum Gasteiger partial charge on any atom is -0.319 e. The van der Waals surface area contributed by atoms with E-state index in [0.29, 0.717) is 11.5 Å². The number of nitrogens with one attached hydrogen (secondary N) is 1. The Morgan fingerprint density at radius 1 is 1.28 bits per heavy atom. The Bertz CT molecular complexity index is 536. The second-order valence-electron chi connectivity index (χ2n) is 4.33. The average Bonchev–Trinajstić information content (AvgIpc) is 2.78. The van der Waals surface area contributed by atoms with Crippen molar-refractivity contribution in [3.63, 3.8) is 0 Å². The van der Waals surface area contributed by atoms with E-state index in [1.165, 1.54) is 29.0 Å². The van der Waals surface area contributed by atoms with E-state index < -0.39 is 11.6 Å². The highest BCUT2D eigenvalue weighted by molar-refractivity contribution is 7.13. The molecule has 1 nitrogen and oxygen atoms in total. The highest BCUT2D eigenvalue weighted by atomic mass is 32.1. The zero-order valence-corrected chi connectivity index (χ0v) is 11.2. The first kappa shape index (κ1) is 13.2. The number of benzene rings is 1. The zero-order valence-electron chi connectivity index (χ0n) is 10.3. The van der Waals surface area contributed by atoms with E-state index in [9.17, 15) is 8.78 Å². The average molecular weight is 267 g/mol. The smallest absolute Gasteiger partial charge is 0.134 e. The van der Waals surface area contributed by atoms with Crippen molar-refractivity contribution in [2.75, 3.05) is 13.6 Å². The summed E-state index contributed by atoms with van der Waals surface area (Å²) >= 11 is 1.49. The summed E-state index contributed by atoms with van der Waals surface area (Å²) in [4.78, 5) is 0.838. The van der Waals surface area contributed by atoms with Gasteiger partial charge in [0.25, 0.3) is 0 Å². The van der Waals surface area contributed by atoms with Gasteiger partial charge in [-0.2, -0.15) is 0 Å². The lowest BCUT2D eigenvalue weighted by atomic mass is 10.0. The third-order valence-corrected chi connectivity index (χ3v) is 3.88. The standard InChI is InChI=1S/C14H15F2NS/c1-9(7-17-2)10-5-14(18-8-10)12-4-3-11(15)6-13(12)16/h3-6,8-9,17H,7H2,1-2H3. The zero-order chi connectivity index (χ0) is 13.1. The molecule has 1 N–H and O–H groups in total. The first-order valence-electron chi connectivity index (χ1n) is 5.80. The topological polar surface area (TPSA) is 12.0 Å². The summed E-state index contributed by atoms with van der Waals surface area (Å²) in [6.07, 6.45) is 0. The predicted molar refractivity (Wildman–Crippen MR) is 72.0 cm³/mol. The SMILES string of the molecule is CNCC(C)c1csc(-c2ccc(F)cc2F)c1. The Hall–Kier alpha value is -1.26. The van der Waals surface area contributed by atoms with Gasteiger partial charge in [0, 0.05) is 23.1 Å². The molecule has 0 aliphatic carbocycles. The van der Waals surface area contributed by atoms with Gasteiger partial charge in [-0.3, -0.25) is 0 Å². The lowest BCUT2D eigenvalue weighted by Crippen LogP contribution is -2.14. The third kappa shape index (κ3) is 2.76. The van der Waals surface area contributed by atoms with Gasteiger partial charge in [0.05, 0.1) is 0 Å². The lowest BCUT2D eigenvalue weighted by Gasteiger charge is -2.07. The van der Waals surface area contributed by atoms with Crippen LogP contribution in [0.15, 0.2) is 29.6 Å². The summed E-state index contributed by atoms with van der Waals surface area (Å²) in [6.45, 7) is 2.99. The fourth-order valence-electron chi connectivity index (χ4n) is 1.86. The van der Waals surface area contributed by atoms with E-state index in [1.54, 1.807) is 0 Å². The minimum absolute atomic E-state index is 0.378. The Morgan fingerprint density at radius 3 is 2.72 bits per heavy atom. The molecular weight excluding hydrogens is 252 g/mol. The third-order valence-electron chi connectivity index (χ3n) is 2.90. The van der Waals surface area contributed by atoms with Gasteiger partial charge in [-0.25, -0.2) is 8.78 Å². The summed E-state index contributed by atoms with van der Waals surface area (Å²) in [5.41, 5.74) is 1.64. The summed E-state index contributed by atoms with van der Waals surface area (Å²) in [7, 11) is 1.91. The molecule has 96 valence electrons. The maximum atomic E-state index is 13.6. The van der Waals surface area contributed by atoms with Crippen molar-refractivity contribution in [1.82, 2.24) is 5.32 Å². The van der Waals surface area contributed by atoms with E-state index in [0.717, 1.165) is 17.5 Å². The molecule has 0 saturated carbocycles. The number of halogens is 2. The molecule has 4 heteroatoms. The van der Waals surface area contributed by atoms with Gasteiger partial charge in [0.15, 0.2) is 0 Å². The molecule has 2 rings (SSSR count). The molecule has 0 bridgehead atoms. The van der Waals surface area contributed by atoms with Crippen molar-refractivity contribution in [3.8, 4) is 10.4 Å². The van der Waals surface area contributed by atoms with Crippen molar-refractivity contribution in [2.45, 2.75) is 12.8 Å². The van der Waals surface area contributed by atoms with E-state index in [4.69, 9.17) is 0 Å². The molecule has 18 heavy (non-hydrogen) atoms. The van der Waals surface area contributed by atoms with Gasteiger partial charge in [-0.05, 0) is 42.1 Å². The predicted octanol–water partition coefficient (Wildman–Crippen LogP) is 4.02. The monoisotopic (exact) mass is 267 g/mol. The molecule has 0 amide bonds. The quantitative estimate of drug-likeness (QED) is 0.882. The first-order chi connectivity index (χ1) is 8.61. The second-order valence-corrected chi connectivity index (χ2v) is 5.24. The molecule has 1 unspecified atom stereocenters. The van der Waals surface area contributed by atoms with Crippen LogP contribution >= 0.6 is 11.3 Å². The largest absolute Gasteiger partial charge is 0.319 e. The van der Waals surface area contributed by atoms with E-state index in [1.807, 2.05) is 18.5 Å². The van der Waals surface area contributed by atoms with E-state index in [2.05, 4.69) is 12.2 Å². The van der Waals surface area contributed by atoms with Gasteiger partial charge in [0.2, 0.25) is 0 Å². The van der Waals surface area contributed by atoms with Crippen molar-refractivity contribution < 1.29 is 8.78 Å². The van der Waals surface area contributed by atoms with Gasteiger partial charge in [0.1, 0.15) is 11.6 Å². The van der Waals surface area contributed by atoms with Crippen LogP contribution in [0.25, 0.3) is 10.4 Å². The molecule has 1 aromatic carbocycles. The molecule has 1 atom stereocenters. The van der Waals surface area contributed by atoms with Gasteiger partial charge >= 0.3 is 0 Å². The van der Waals surface area contributed by atoms with Gasteiger partial charge < -0.3 is 5.32 Å². The van der Waals surface area contributed by atoms with Crippen LogP contribution in [0.1, 0.15) is 18.4 Å². The number of hydrogen-bond acceptors (Lipinski definition) is 2. The Labute approximate surface area is 109 Å². The summed E-state index contributed by atoms with van der Waals surface area (Å²) < 4.78 is 26.5. The minimum atomic E-state index is -0.545. The maximum absolute atomic E-state index is 13.6. The number of hydrogen-bond donors (Lipinski definition) is 1. The van der Waals surface area contributed by atoms with Crippen LogP contribution in [0.5, 0.6) is 0 Å². The highest BCUT2D eigenvalue weighted by Crippen LogP contribution is 2.32. The molecule has 0 aliphatic heterocycles. The van der Waals surface area contributed by atoms with Crippen LogP contribution in [0.4, 0.5) is 8.78 Å². The molecule has 2 aromatic rings. The Morgan fingerprint density at radius 2 is 2.06 bits per heavy atom. The first-order valence-corrected chi connectivity index (χ1v) is 6.68. The van der Waals surface area contributed by atoms with Crippen LogP contribution in [0.2, 0.25) is 0 Å².